The van der Waals surface area contributed by atoms with E-state index in [1.807, 2.05) is 26.8 Å². The number of aryl methyl sites for hydroxylation is 2. The van der Waals surface area contributed by atoms with E-state index in [-0.39, 0.29) is 6.54 Å². The third kappa shape index (κ3) is 2.80. The molecule has 1 aromatic rings. The van der Waals surface area contributed by atoms with Crippen LogP contribution in [-0.2, 0) is 4.79 Å². The molecular weight excluding hydrogens is 232 g/mol. The standard InChI is InChI=1S/C13H20N2O3/c1-7-5-8(2)11(12(18-4)9(7)3)15-13(17)10(16)6-14/h5,10,16H,6,14H2,1-4H3,(H,15,17). The van der Waals surface area contributed by atoms with Crippen LogP contribution < -0.4 is 15.8 Å². The molecule has 1 rings (SSSR count). The van der Waals surface area contributed by atoms with Gasteiger partial charge in [-0.1, -0.05) is 6.07 Å². The molecule has 0 aliphatic heterocycles. The monoisotopic (exact) mass is 252 g/mol. The average Bonchev–Trinajstić information content (AvgIpc) is 2.35. The van der Waals surface area contributed by atoms with E-state index in [4.69, 9.17) is 10.5 Å². The third-order valence-corrected chi connectivity index (χ3v) is 2.96. The lowest BCUT2D eigenvalue weighted by Crippen LogP contribution is -2.34. The maximum Gasteiger partial charge on any atom is 0.254 e. The Morgan fingerprint density at radius 2 is 2.06 bits per heavy atom. The Balaban J connectivity index is 3.16. The molecule has 0 saturated heterocycles. The Hall–Kier alpha value is -1.59. The summed E-state index contributed by atoms with van der Waals surface area (Å²) in [5, 5.41) is 12.0. The summed E-state index contributed by atoms with van der Waals surface area (Å²) in [5.41, 5.74) is 8.75. The summed E-state index contributed by atoms with van der Waals surface area (Å²) >= 11 is 0. The summed E-state index contributed by atoms with van der Waals surface area (Å²) in [6, 6.07) is 1.96. The van der Waals surface area contributed by atoms with Crippen molar-refractivity contribution in [1.82, 2.24) is 0 Å². The number of hydrogen-bond donors (Lipinski definition) is 3. The maximum atomic E-state index is 11.7. The lowest BCUT2D eigenvalue weighted by Gasteiger charge is -2.18. The summed E-state index contributed by atoms with van der Waals surface area (Å²) < 4.78 is 5.32. The van der Waals surface area contributed by atoms with Gasteiger partial charge in [-0.25, -0.2) is 0 Å². The second-order valence-electron chi connectivity index (χ2n) is 4.28. The fraction of sp³-hybridized carbons (Fsp3) is 0.462. The number of aliphatic hydroxyl groups excluding tert-OH is 1. The molecule has 0 aromatic heterocycles. The molecule has 0 spiro atoms. The molecule has 100 valence electrons. The molecule has 1 aromatic carbocycles. The highest BCUT2D eigenvalue weighted by Gasteiger charge is 2.18. The molecule has 1 amide bonds. The van der Waals surface area contributed by atoms with Crippen LogP contribution in [0, 0.1) is 20.8 Å². The lowest BCUT2D eigenvalue weighted by atomic mass is 10.0. The van der Waals surface area contributed by atoms with Crippen molar-refractivity contribution < 1.29 is 14.6 Å². The number of ether oxygens (including phenoxy) is 1. The van der Waals surface area contributed by atoms with Gasteiger partial charge in [-0.3, -0.25) is 4.79 Å². The Kier molecular flexibility index (Phi) is 4.69. The zero-order valence-corrected chi connectivity index (χ0v) is 11.2. The molecule has 5 nitrogen and oxygen atoms in total. The van der Waals surface area contributed by atoms with Gasteiger partial charge in [0.2, 0.25) is 0 Å². The minimum atomic E-state index is -1.21. The molecule has 1 atom stereocenters. The number of benzene rings is 1. The molecular formula is C13H20N2O3. The van der Waals surface area contributed by atoms with Crippen molar-refractivity contribution in [3.05, 3.63) is 22.8 Å². The highest BCUT2D eigenvalue weighted by molar-refractivity contribution is 5.96. The van der Waals surface area contributed by atoms with Gasteiger partial charge in [0.25, 0.3) is 5.91 Å². The van der Waals surface area contributed by atoms with Gasteiger partial charge in [-0.2, -0.15) is 0 Å². The van der Waals surface area contributed by atoms with Gasteiger partial charge in [-0.15, -0.1) is 0 Å². The van der Waals surface area contributed by atoms with Gasteiger partial charge in [0.15, 0.2) is 0 Å². The number of carbonyl (C=O) groups excluding carboxylic acids is 1. The van der Waals surface area contributed by atoms with E-state index in [0.29, 0.717) is 11.4 Å². The average molecular weight is 252 g/mol. The molecule has 0 aliphatic rings. The number of aliphatic hydroxyl groups is 1. The second kappa shape index (κ2) is 5.84. The Morgan fingerprint density at radius 3 is 2.56 bits per heavy atom. The predicted molar refractivity (Wildman–Crippen MR) is 70.9 cm³/mol. The number of amides is 1. The van der Waals surface area contributed by atoms with Crippen LogP contribution in [0.4, 0.5) is 5.69 Å². The number of hydrogen-bond acceptors (Lipinski definition) is 4. The van der Waals surface area contributed by atoms with E-state index in [9.17, 15) is 9.90 Å². The molecule has 4 N–H and O–H groups in total. The minimum Gasteiger partial charge on any atom is -0.494 e. The lowest BCUT2D eigenvalue weighted by molar-refractivity contribution is -0.123. The zero-order chi connectivity index (χ0) is 13.9. The molecule has 0 aliphatic carbocycles. The normalized spacial score (nSPS) is 12.1. The number of rotatable bonds is 4. The quantitative estimate of drug-likeness (QED) is 0.742. The van der Waals surface area contributed by atoms with Gasteiger partial charge >= 0.3 is 0 Å². The highest BCUT2D eigenvalue weighted by Crippen LogP contribution is 2.34. The van der Waals surface area contributed by atoms with Gasteiger partial charge in [-0.05, 0) is 37.5 Å². The topological polar surface area (TPSA) is 84.6 Å². The molecule has 5 heteroatoms. The summed E-state index contributed by atoms with van der Waals surface area (Å²) in [7, 11) is 1.55. The van der Waals surface area contributed by atoms with Crippen LogP contribution in [0.2, 0.25) is 0 Å². The summed E-state index contributed by atoms with van der Waals surface area (Å²) in [6.45, 7) is 5.66. The van der Waals surface area contributed by atoms with Crippen LogP contribution in [0.25, 0.3) is 0 Å². The summed E-state index contributed by atoms with van der Waals surface area (Å²) in [6.07, 6.45) is -1.21. The number of nitrogens with one attached hydrogen (secondary N) is 1. The minimum absolute atomic E-state index is 0.113. The van der Waals surface area contributed by atoms with Crippen molar-refractivity contribution in [3.8, 4) is 5.75 Å². The fourth-order valence-electron chi connectivity index (χ4n) is 1.77. The van der Waals surface area contributed by atoms with Crippen molar-refractivity contribution in [3.63, 3.8) is 0 Å². The Morgan fingerprint density at radius 1 is 1.44 bits per heavy atom. The molecule has 0 heterocycles. The van der Waals surface area contributed by atoms with Gasteiger partial charge in [0.05, 0.1) is 12.8 Å². The maximum absolute atomic E-state index is 11.7. The van der Waals surface area contributed by atoms with Crippen LogP contribution in [0.1, 0.15) is 16.7 Å². The van der Waals surface area contributed by atoms with E-state index in [0.717, 1.165) is 16.7 Å². The van der Waals surface area contributed by atoms with Crippen LogP contribution in [0.15, 0.2) is 6.07 Å². The first-order valence-corrected chi connectivity index (χ1v) is 5.76. The molecule has 1 unspecified atom stereocenters. The van der Waals surface area contributed by atoms with Crippen LogP contribution in [0.3, 0.4) is 0 Å². The van der Waals surface area contributed by atoms with Crippen molar-refractivity contribution in [2.24, 2.45) is 5.73 Å². The SMILES string of the molecule is COc1c(C)c(C)cc(C)c1NC(=O)C(O)CN. The van der Waals surface area contributed by atoms with Gasteiger partial charge in [0, 0.05) is 6.54 Å². The van der Waals surface area contributed by atoms with Crippen molar-refractivity contribution in [2.45, 2.75) is 26.9 Å². The van der Waals surface area contributed by atoms with Gasteiger partial charge < -0.3 is 20.9 Å². The van der Waals surface area contributed by atoms with Gasteiger partial charge in [0.1, 0.15) is 11.9 Å². The number of anilines is 1. The first kappa shape index (κ1) is 14.5. The molecule has 0 saturated carbocycles. The van der Waals surface area contributed by atoms with Crippen molar-refractivity contribution in [2.75, 3.05) is 19.0 Å². The van der Waals surface area contributed by atoms with Crippen molar-refractivity contribution >= 4 is 11.6 Å². The molecule has 0 bridgehead atoms. The molecule has 0 fully saturated rings. The largest absolute Gasteiger partial charge is 0.494 e. The first-order valence-electron chi connectivity index (χ1n) is 5.76. The zero-order valence-electron chi connectivity index (χ0n) is 11.2. The van der Waals surface area contributed by atoms with Crippen LogP contribution in [0.5, 0.6) is 5.75 Å². The highest BCUT2D eigenvalue weighted by atomic mass is 16.5. The Bertz CT molecular complexity index is 458. The second-order valence-corrected chi connectivity index (χ2v) is 4.28. The van der Waals surface area contributed by atoms with E-state index < -0.39 is 12.0 Å². The number of methoxy groups -OCH3 is 1. The summed E-state index contributed by atoms with van der Waals surface area (Å²) in [4.78, 5) is 11.7. The third-order valence-electron chi connectivity index (χ3n) is 2.96. The van der Waals surface area contributed by atoms with Crippen LogP contribution >= 0.6 is 0 Å². The summed E-state index contributed by atoms with van der Waals surface area (Å²) in [5.74, 6) is 0.0900. The van der Waals surface area contributed by atoms with E-state index in [2.05, 4.69) is 5.32 Å². The number of nitrogens with two attached hydrogens (primary N) is 1. The molecule has 0 radical (unpaired) electrons. The van der Waals surface area contributed by atoms with E-state index in [1.54, 1.807) is 7.11 Å². The van der Waals surface area contributed by atoms with E-state index >= 15 is 0 Å². The molecule has 18 heavy (non-hydrogen) atoms. The van der Waals surface area contributed by atoms with Crippen LogP contribution in [-0.4, -0.2) is 30.8 Å². The smallest absolute Gasteiger partial charge is 0.254 e. The Labute approximate surface area is 107 Å². The van der Waals surface area contributed by atoms with Crippen molar-refractivity contribution in [1.29, 1.82) is 0 Å². The van der Waals surface area contributed by atoms with E-state index in [1.165, 1.54) is 0 Å². The fourth-order valence-corrected chi connectivity index (χ4v) is 1.77. The predicted octanol–water partition coefficient (Wildman–Crippen LogP) is 0.879. The first-order chi connectivity index (χ1) is 8.42. The number of carbonyl (C=O) groups is 1.